The number of aliphatic hydroxyl groups excluding tert-OH is 1. The summed E-state index contributed by atoms with van der Waals surface area (Å²) in [6.07, 6.45) is 0.608. The van der Waals surface area contributed by atoms with Gasteiger partial charge in [0.05, 0.1) is 12.2 Å². The topological polar surface area (TPSA) is 77.5 Å². The van der Waals surface area contributed by atoms with Gasteiger partial charge in [0.15, 0.2) is 0 Å². The first-order valence-electron chi connectivity index (χ1n) is 8.41. The van der Waals surface area contributed by atoms with Crippen molar-refractivity contribution in [3.63, 3.8) is 0 Å². The number of benzene rings is 1. The predicted molar refractivity (Wildman–Crippen MR) is 99.7 cm³/mol. The Bertz CT molecular complexity index is 661. The summed E-state index contributed by atoms with van der Waals surface area (Å²) in [5, 5.41) is 14.9. The fraction of sp³-hybridized carbons (Fsp3) is 0.368. The average molecular weight is 342 g/mol. The summed E-state index contributed by atoms with van der Waals surface area (Å²) in [7, 11) is 3.86. The van der Waals surface area contributed by atoms with Crippen LogP contribution in [0.2, 0.25) is 0 Å². The fourth-order valence-corrected chi connectivity index (χ4v) is 2.53. The van der Waals surface area contributed by atoms with Crippen LogP contribution in [0.1, 0.15) is 23.6 Å². The molecule has 0 spiro atoms. The van der Waals surface area contributed by atoms with Crippen molar-refractivity contribution in [3.8, 4) is 0 Å². The summed E-state index contributed by atoms with van der Waals surface area (Å²) in [6, 6.07) is 15.4. The molecule has 0 fully saturated rings. The van der Waals surface area contributed by atoms with Crippen LogP contribution in [-0.4, -0.2) is 43.4 Å². The number of rotatable bonds is 8. The van der Waals surface area contributed by atoms with E-state index in [1.165, 1.54) is 0 Å². The highest BCUT2D eigenvalue weighted by molar-refractivity contribution is 5.73. The van der Waals surface area contributed by atoms with Crippen molar-refractivity contribution < 1.29 is 9.90 Å². The van der Waals surface area contributed by atoms with Crippen molar-refractivity contribution in [1.82, 2.24) is 15.6 Å². The van der Waals surface area contributed by atoms with E-state index in [4.69, 9.17) is 0 Å². The minimum atomic E-state index is -0.240. The van der Waals surface area contributed by atoms with E-state index in [0.29, 0.717) is 19.5 Å². The van der Waals surface area contributed by atoms with Crippen LogP contribution >= 0.6 is 0 Å². The maximum Gasteiger partial charge on any atom is 0.315 e. The molecule has 1 atom stereocenters. The van der Waals surface area contributed by atoms with Crippen molar-refractivity contribution in [1.29, 1.82) is 0 Å². The van der Waals surface area contributed by atoms with Crippen molar-refractivity contribution in [2.75, 3.05) is 32.1 Å². The number of aromatic nitrogens is 1. The summed E-state index contributed by atoms with van der Waals surface area (Å²) in [4.78, 5) is 18.4. The van der Waals surface area contributed by atoms with Crippen LogP contribution in [0.25, 0.3) is 0 Å². The Labute approximate surface area is 148 Å². The Morgan fingerprint density at radius 1 is 1.12 bits per heavy atom. The largest absolute Gasteiger partial charge is 0.396 e. The normalized spacial score (nSPS) is 11.6. The van der Waals surface area contributed by atoms with E-state index in [1.807, 2.05) is 67.5 Å². The number of hydrogen-bond donors (Lipinski definition) is 3. The Morgan fingerprint density at radius 3 is 2.56 bits per heavy atom. The van der Waals surface area contributed by atoms with E-state index >= 15 is 0 Å². The van der Waals surface area contributed by atoms with E-state index in [-0.39, 0.29) is 18.6 Å². The van der Waals surface area contributed by atoms with Crippen LogP contribution in [0.5, 0.6) is 0 Å². The molecule has 2 rings (SSSR count). The van der Waals surface area contributed by atoms with Crippen LogP contribution < -0.4 is 15.5 Å². The van der Waals surface area contributed by atoms with Gasteiger partial charge in [0.25, 0.3) is 0 Å². The molecule has 0 aliphatic heterocycles. The first kappa shape index (κ1) is 18.7. The van der Waals surface area contributed by atoms with Gasteiger partial charge < -0.3 is 20.6 Å². The van der Waals surface area contributed by atoms with Crippen LogP contribution in [0.15, 0.2) is 48.5 Å². The van der Waals surface area contributed by atoms with Crippen LogP contribution in [0.3, 0.4) is 0 Å². The van der Waals surface area contributed by atoms with Crippen molar-refractivity contribution in [2.24, 2.45) is 0 Å². The highest BCUT2D eigenvalue weighted by atomic mass is 16.3. The van der Waals surface area contributed by atoms with E-state index in [0.717, 1.165) is 17.1 Å². The summed E-state index contributed by atoms with van der Waals surface area (Å²) >= 11 is 0. The molecule has 1 aromatic carbocycles. The summed E-state index contributed by atoms with van der Waals surface area (Å²) < 4.78 is 0. The van der Waals surface area contributed by atoms with Crippen molar-refractivity contribution in [2.45, 2.75) is 18.9 Å². The van der Waals surface area contributed by atoms with Gasteiger partial charge in [0, 0.05) is 33.2 Å². The lowest BCUT2D eigenvalue weighted by Gasteiger charge is -2.17. The highest BCUT2D eigenvalue weighted by Gasteiger charge is 2.12. The van der Waals surface area contributed by atoms with Gasteiger partial charge in [-0.1, -0.05) is 36.4 Å². The van der Waals surface area contributed by atoms with E-state index in [2.05, 4.69) is 15.6 Å². The summed E-state index contributed by atoms with van der Waals surface area (Å²) in [5.74, 6) is 0.943. The van der Waals surface area contributed by atoms with Gasteiger partial charge in [-0.05, 0) is 24.1 Å². The molecule has 0 bridgehead atoms. The van der Waals surface area contributed by atoms with Gasteiger partial charge in [-0.2, -0.15) is 0 Å². The summed E-state index contributed by atoms with van der Waals surface area (Å²) in [6.45, 7) is 0.926. The number of pyridine rings is 1. The zero-order chi connectivity index (χ0) is 18.1. The van der Waals surface area contributed by atoms with E-state index in [1.54, 1.807) is 0 Å². The molecule has 1 unspecified atom stereocenters. The van der Waals surface area contributed by atoms with Crippen LogP contribution in [0.4, 0.5) is 10.6 Å². The molecule has 1 aromatic heterocycles. The molecule has 6 heteroatoms. The maximum atomic E-state index is 12.1. The number of nitrogens with zero attached hydrogens (tertiary/aromatic N) is 2. The SMILES string of the molecule is CN(C)c1cccc(CNC(=O)NCC(CCO)c2ccccc2)n1. The molecule has 3 N–H and O–H groups in total. The molecule has 2 aromatic rings. The lowest BCUT2D eigenvalue weighted by atomic mass is 9.96. The zero-order valence-corrected chi connectivity index (χ0v) is 14.8. The van der Waals surface area contributed by atoms with E-state index in [9.17, 15) is 9.90 Å². The lowest BCUT2D eigenvalue weighted by molar-refractivity contribution is 0.237. The van der Waals surface area contributed by atoms with Gasteiger partial charge in [-0.3, -0.25) is 0 Å². The predicted octanol–water partition coefficient (Wildman–Crippen LogP) is 2.11. The number of hydrogen-bond acceptors (Lipinski definition) is 4. The lowest BCUT2D eigenvalue weighted by Crippen LogP contribution is -2.37. The molecule has 0 saturated carbocycles. The minimum Gasteiger partial charge on any atom is -0.396 e. The van der Waals surface area contributed by atoms with Gasteiger partial charge >= 0.3 is 6.03 Å². The third-order valence-electron chi connectivity index (χ3n) is 3.94. The first-order valence-corrected chi connectivity index (χ1v) is 8.41. The van der Waals surface area contributed by atoms with Crippen molar-refractivity contribution in [3.05, 3.63) is 59.8 Å². The van der Waals surface area contributed by atoms with Crippen molar-refractivity contribution >= 4 is 11.8 Å². The number of carbonyl (C=O) groups is 1. The highest BCUT2D eigenvalue weighted by Crippen LogP contribution is 2.18. The Kier molecular flexibility index (Phi) is 7.22. The molecular weight excluding hydrogens is 316 g/mol. The Morgan fingerprint density at radius 2 is 1.88 bits per heavy atom. The molecule has 6 nitrogen and oxygen atoms in total. The average Bonchev–Trinajstić information content (AvgIpc) is 2.64. The second-order valence-electron chi connectivity index (χ2n) is 6.07. The number of urea groups is 1. The van der Waals surface area contributed by atoms with Gasteiger partial charge in [-0.25, -0.2) is 9.78 Å². The molecule has 1 heterocycles. The van der Waals surface area contributed by atoms with Gasteiger partial charge in [0.1, 0.15) is 5.82 Å². The zero-order valence-electron chi connectivity index (χ0n) is 14.8. The van der Waals surface area contributed by atoms with Crippen LogP contribution in [0, 0.1) is 0 Å². The third-order valence-corrected chi connectivity index (χ3v) is 3.94. The summed E-state index contributed by atoms with van der Waals surface area (Å²) in [5.41, 5.74) is 1.91. The van der Waals surface area contributed by atoms with Crippen LogP contribution in [-0.2, 0) is 6.54 Å². The molecule has 0 radical (unpaired) electrons. The number of carbonyl (C=O) groups excluding carboxylic acids is 1. The maximum absolute atomic E-state index is 12.1. The Balaban J connectivity index is 1.84. The first-order chi connectivity index (χ1) is 12.1. The second kappa shape index (κ2) is 9.64. The smallest absolute Gasteiger partial charge is 0.315 e. The molecule has 25 heavy (non-hydrogen) atoms. The standard InChI is InChI=1S/C19H26N4O2/c1-23(2)18-10-6-9-17(22-18)14-21-19(25)20-13-16(11-12-24)15-7-4-3-5-8-15/h3-10,16,24H,11-14H2,1-2H3,(H2,20,21,25). The fourth-order valence-electron chi connectivity index (χ4n) is 2.53. The second-order valence-corrected chi connectivity index (χ2v) is 6.07. The van der Waals surface area contributed by atoms with Gasteiger partial charge in [0.2, 0.25) is 0 Å². The number of aliphatic hydroxyl groups is 1. The molecule has 2 amide bonds. The molecular formula is C19H26N4O2. The molecule has 0 saturated heterocycles. The van der Waals surface area contributed by atoms with Gasteiger partial charge in [-0.15, -0.1) is 0 Å². The number of anilines is 1. The van der Waals surface area contributed by atoms with E-state index < -0.39 is 0 Å². The number of amides is 2. The Hall–Kier alpha value is -2.60. The third kappa shape index (κ3) is 6.08. The number of nitrogens with one attached hydrogen (secondary N) is 2. The molecule has 0 aliphatic rings. The molecule has 134 valence electrons. The minimum absolute atomic E-state index is 0.0874. The molecule has 0 aliphatic carbocycles. The monoisotopic (exact) mass is 342 g/mol. The quantitative estimate of drug-likeness (QED) is 0.687.